The van der Waals surface area contributed by atoms with E-state index in [1.54, 1.807) is 0 Å². The van der Waals surface area contributed by atoms with Crippen LogP contribution in [0, 0.1) is 0 Å². The maximum Gasteiger partial charge on any atom is -0.0552 e. The lowest BCUT2D eigenvalue weighted by atomic mass is 10.2. The van der Waals surface area contributed by atoms with Crippen LogP contribution in [0.25, 0.3) is 0 Å². The quantitative estimate of drug-likeness (QED) is 0.514. The molecule has 1 aliphatic heterocycles. The normalized spacial score (nSPS) is 17.9. The second-order valence-electron chi connectivity index (χ2n) is 9.54. The number of hydrogen-bond acceptors (Lipinski definition) is 0. The van der Waals surface area contributed by atoms with Gasteiger partial charge in [-0.25, -0.2) is 0 Å². The molecule has 0 aromatic carbocycles. The van der Waals surface area contributed by atoms with Gasteiger partial charge in [-0.05, 0) is 0 Å². The van der Waals surface area contributed by atoms with Gasteiger partial charge in [0.1, 0.15) is 0 Å². The fraction of sp³-hybridized carbons (Fsp3) is 0.889. The molecule has 0 N–H and O–H groups in total. The van der Waals surface area contributed by atoms with E-state index in [9.17, 15) is 0 Å². The molecule has 118 valence electrons. The Labute approximate surface area is 130 Å². The van der Waals surface area contributed by atoms with Gasteiger partial charge >= 0.3 is 0 Å². The molecule has 0 aromatic rings. The molecule has 1 heterocycles. The molecular weight excluding hydrogens is 272 g/mol. The van der Waals surface area contributed by atoms with E-state index in [4.69, 9.17) is 0 Å². The molecule has 1 aliphatic rings. The first-order valence-electron chi connectivity index (χ1n) is 8.37. The minimum atomic E-state index is -1.51. The SMILES string of the molecule is CCC1=C(CC)[Si-]1[Si](C(C)(C)C)(C(C)(C)C)C(C)(C)C. The number of rotatable bonds is 3. The summed E-state index contributed by atoms with van der Waals surface area (Å²) in [6.07, 6.45) is 2.63. The summed E-state index contributed by atoms with van der Waals surface area (Å²) >= 11 is 0. The van der Waals surface area contributed by atoms with E-state index in [0.717, 1.165) is 0 Å². The minimum Gasteiger partial charge on any atom is -0.265 e. The van der Waals surface area contributed by atoms with Crippen LogP contribution in [-0.2, 0) is 0 Å². The van der Waals surface area contributed by atoms with E-state index >= 15 is 0 Å². The van der Waals surface area contributed by atoms with Gasteiger partial charge in [0.05, 0.1) is 0 Å². The van der Waals surface area contributed by atoms with Crippen molar-refractivity contribution in [1.29, 1.82) is 0 Å². The Morgan fingerprint density at radius 3 is 1.05 bits per heavy atom. The van der Waals surface area contributed by atoms with Crippen molar-refractivity contribution in [3.8, 4) is 0 Å². The molecule has 0 bridgehead atoms. The largest absolute Gasteiger partial charge is 0.265 e. The Morgan fingerprint density at radius 2 is 0.900 bits per heavy atom. The van der Waals surface area contributed by atoms with Gasteiger partial charge < -0.3 is 0 Å². The smallest absolute Gasteiger partial charge is 0.0552 e. The van der Waals surface area contributed by atoms with E-state index in [1.165, 1.54) is 12.8 Å². The second-order valence-corrected chi connectivity index (χ2v) is 21.2. The van der Waals surface area contributed by atoms with Crippen LogP contribution in [-0.4, -0.2) is 15.9 Å². The summed E-state index contributed by atoms with van der Waals surface area (Å²) in [7, 11) is -1.87. The van der Waals surface area contributed by atoms with Gasteiger partial charge in [-0.2, -0.15) is 0 Å². The van der Waals surface area contributed by atoms with Crippen LogP contribution in [0.3, 0.4) is 0 Å². The molecule has 0 fully saturated rings. The molecule has 1 rings (SSSR count). The lowest BCUT2D eigenvalue weighted by molar-refractivity contribution is 0.555. The Kier molecular flexibility index (Phi) is 4.66. The van der Waals surface area contributed by atoms with Crippen LogP contribution in [0.4, 0.5) is 0 Å². The highest BCUT2D eigenvalue weighted by Crippen LogP contribution is 2.67. The van der Waals surface area contributed by atoms with Crippen molar-refractivity contribution in [3.05, 3.63) is 10.4 Å². The predicted octanol–water partition coefficient (Wildman–Crippen LogP) is 6.62. The molecule has 0 nitrogen and oxygen atoms in total. The molecule has 0 aromatic heterocycles. The summed E-state index contributed by atoms with van der Waals surface area (Å²) in [5.74, 6) is 0. The van der Waals surface area contributed by atoms with Gasteiger partial charge in [0.15, 0.2) is 0 Å². The van der Waals surface area contributed by atoms with Crippen molar-refractivity contribution in [2.24, 2.45) is 0 Å². The van der Waals surface area contributed by atoms with Crippen LogP contribution >= 0.6 is 0 Å². The second kappa shape index (κ2) is 5.12. The summed E-state index contributed by atoms with van der Waals surface area (Å²) in [6, 6.07) is 0. The zero-order valence-electron chi connectivity index (χ0n) is 15.9. The molecule has 0 saturated heterocycles. The van der Waals surface area contributed by atoms with Gasteiger partial charge in [0, 0.05) is 0 Å². The fourth-order valence-electron chi connectivity index (χ4n) is 6.00. The first-order chi connectivity index (χ1) is 8.77. The van der Waals surface area contributed by atoms with Crippen LogP contribution in [0.15, 0.2) is 10.4 Å². The molecule has 0 atom stereocenters. The van der Waals surface area contributed by atoms with Crippen molar-refractivity contribution >= 4 is 15.9 Å². The van der Waals surface area contributed by atoms with Gasteiger partial charge in [-0.15, -0.1) is 0 Å². The van der Waals surface area contributed by atoms with E-state index in [1.807, 2.05) is 10.4 Å². The lowest BCUT2D eigenvalue weighted by Crippen LogP contribution is -2.66. The summed E-state index contributed by atoms with van der Waals surface area (Å²) in [6.45, 7) is 27.7. The monoisotopic (exact) mass is 309 g/mol. The Morgan fingerprint density at radius 1 is 0.650 bits per heavy atom. The van der Waals surface area contributed by atoms with Crippen LogP contribution in [0.5, 0.6) is 0 Å². The maximum atomic E-state index is 2.55. The maximum absolute atomic E-state index is 2.55. The average molecular weight is 310 g/mol. The summed E-state index contributed by atoms with van der Waals surface area (Å²) in [5.41, 5.74) is 0. The molecule has 0 unspecified atom stereocenters. The predicted molar refractivity (Wildman–Crippen MR) is 98.3 cm³/mol. The van der Waals surface area contributed by atoms with Crippen molar-refractivity contribution in [1.82, 2.24) is 0 Å². The zero-order chi connectivity index (χ0) is 16.1. The first kappa shape index (κ1) is 18.2. The Balaban J connectivity index is 3.53. The zero-order valence-corrected chi connectivity index (χ0v) is 17.9. The summed E-state index contributed by atoms with van der Waals surface area (Å²) in [5, 5.41) is 5.24. The third-order valence-electron chi connectivity index (χ3n) is 5.36. The van der Waals surface area contributed by atoms with Crippen molar-refractivity contribution in [2.45, 2.75) is 104 Å². The highest BCUT2D eigenvalue weighted by Gasteiger charge is 2.58. The topological polar surface area (TPSA) is 0 Å². The third kappa shape index (κ3) is 2.41. The molecule has 0 aliphatic carbocycles. The minimum absolute atomic E-state index is 0.361. The van der Waals surface area contributed by atoms with Crippen LogP contribution < -0.4 is 0 Å². The number of hydrogen-bond donors (Lipinski definition) is 0. The summed E-state index contributed by atoms with van der Waals surface area (Å²) < 4.78 is 0. The van der Waals surface area contributed by atoms with Crippen molar-refractivity contribution in [3.63, 3.8) is 0 Å². The van der Waals surface area contributed by atoms with Crippen LogP contribution in [0.1, 0.15) is 89.0 Å². The highest BCUT2D eigenvalue weighted by atomic mass is 29.2. The van der Waals surface area contributed by atoms with E-state index in [2.05, 4.69) is 76.2 Å². The van der Waals surface area contributed by atoms with Crippen molar-refractivity contribution in [2.75, 3.05) is 0 Å². The van der Waals surface area contributed by atoms with Gasteiger partial charge in [0.25, 0.3) is 0 Å². The molecule has 20 heavy (non-hydrogen) atoms. The molecule has 0 saturated carbocycles. The standard InChI is InChI=1S/C18H37Si2/c1-12-14-15(13-2)19(14)20(16(3,4)5,17(6,7)8)18(9,10)11/h12-13H2,1-11H3/q-1. The van der Waals surface area contributed by atoms with E-state index in [-0.39, 0.29) is 8.31 Å². The lowest BCUT2D eigenvalue weighted by Gasteiger charge is -2.68. The summed E-state index contributed by atoms with van der Waals surface area (Å²) in [4.78, 5) is 0. The van der Waals surface area contributed by atoms with Gasteiger partial charge in [0.2, 0.25) is 0 Å². The Hall–Kier alpha value is 0.174. The molecule has 0 spiro atoms. The first-order valence-corrected chi connectivity index (χ1v) is 12.9. The van der Waals surface area contributed by atoms with Gasteiger partial charge in [-0.1, -0.05) is 112 Å². The van der Waals surface area contributed by atoms with E-state index in [0.29, 0.717) is 15.1 Å². The molecule has 0 amide bonds. The van der Waals surface area contributed by atoms with Crippen LogP contribution in [0.2, 0.25) is 15.1 Å². The Bertz CT molecular complexity index is 347. The fourth-order valence-corrected chi connectivity index (χ4v) is 29.3. The molecular formula is C18H37Si2-. The third-order valence-corrected chi connectivity index (χ3v) is 25.9. The molecule has 0 radical (unpaired) electrons. The van der Waals surface area contributed by atoms with Crippen molar-refractivity contribution < 1.29 is 0 Å². The molecule has 2 heteroatoms. The van der Waals surface area contributed by atoms with Gasteiger partial charge in [-0.3, -0.25) is 18.7 Å². The van der Waals surface area contributed by atoms with E-state index < -0.39 is 7.59 Å². The highest BCUT2D eigenvalue weighted by molar-refractivity contribution is 7.45. The number of allylic oxidation sites excluding steroid dienone is 2. The average Bonchev–Trinajstić information content (AvgIpc) is 2.84.